The molecular weight excluding hydrogens is 1360 g/mol. The number of ether oxygens (including phenoxy) is 12. The standard InChI is InChI=1S/C10H10F6O.2C8H10F2O.2C8H16O3.C8H12O.2C7H14O3.C3H2F6/c11-9(12,13)8(10(14,15)16)6-4-1-2-5(3-4)7(6)17-8;2*9-8(10)6-4-1-2-5(3-4)7(6)11-8;2*1-5-8(2,3)7(9)11-6-10-4;1-2-6-3-5(1)7-4-9-8(6)7;2*1-4-6(2)7(8)10-5-9-3;4-2(5,6)1-3(7,8)9/h4-7H,1-3H2;2*4-7H,1-3H2;2*5-6H2,1-4H3;5-8H,1-4H2;2*6H,4-5H2,1-3H3;1H2. The molecule has 12 rings (SSSR count). The van der Waals surface area contributed by atoms with Crippen LogP contribution in [0.4, 0.5) is 70.2 Å². The second-order valence-electron chi connectivity index (χ2n) is 28.9. The Labute approximate surface area is 569 Å². The van der Waals surface area contributed by atoms with E-state index in [1.807, 2.05) is 69.2 Å². The van der Waals surface area contributed by atoms with Gasteiger partial charge in [-0.05, 0) is 178 Å². The number of hydrogen-bond acceptors (Lipinski definition) is 16. The monoisotopic (exact) mass is 1470 g/mol. The average Bonchev–Trinajstić information content (AvgIpc) is 1.65. The van der Waals surface area contributed by atoms with E-state index in [1.165, 1.54) is 47.7 Å². The van der Waals surface area contributed by atoms with Gasteiger partial charge >= 0.3 is 60.8 Å². The zero-order valence-electron chi connectivity index (χ0n) is 59.0. The van der Waals surface area contributed by atoms with Crippen molar-refractivity contribution < 1.29 is 146 Å². The lowest BCUT2D eigenvalue weighted by Crippen LogP contribution is -2.75. The summed E-state index contributed by atoms with van der Waals surface area (Å²) in [4.78, 5) is 44.0. The van der Waals surface area contributed by atoms with Crippen LogP contribution in [0.2, 0.25) is 0 Å². The number of carbonyl (C=O) groups excluding carboxylic acids is 4. The fourth-order valence-corrected chi connectivity index (χ4v) is 14.9. The van der Waals surface area contributed by atoms with E-state index in [4.69, 9.17) is 14.2 Å². The van der Waals surface area contributed by atoms with Crippen molar-refractivity contribution >= 4 is 23.9 Å². The highest BCUT2D eigenvalue weighted by molar-refractivity contribution is 5.76. The molecule has 18 unspecified atom stereocenters. The quantitative estimate of drug-likeness (QED) is 0.0616. The first kappa shape index (κ1) is 87.8. The SMILES string of the molecule is C1CC2CC1C1COC21.CCC(C)(C)C(=O)OCOC.CCC(C)(C)C(=O)OCOC.CCC(C)C(=O)OCOC.CCC(C)C(=O)OCOC.FC(F)(F)C1(C(F)(F)F)OC2C3CCC(C3)C21.FC(F)(F)CC(F)(F)F.FC1(F)OC2C3CCC(C3)C21.FC1(F)OC2C3CCC(C3)C21. The number of esters is 4. The normalized spacial score (nSPS) is 32.1. The highest BCUT2D eigenvalue weighted by atomic mass is 19.4. The predicted octanol–water partition coefficient (Wildman–Crippen LogP) is 16.8. The van der Waals surface area contributed by atoms with Gasteiger partial charge in [-0.15, -0.1) is 0 Å². The lowest BCUT2D eigenvalue weighted by atomic mass is 9.68. The Morgan fingerprint density at radius 2 is 0.717 bits per heavy atom. The summed E-state index contributed by atoms with van der Waals surface area (Å²) >= 11 is 0. The van der Waals surface area contributed by atoms with Gasteiger partial charge in [0.25, 0.3) is 5.60 Å². The number of fused-ring (bicyclic) bond motifs is 20. The molecule has 8 saturated carbocycles. The van der Waals surface area contributed by atoms with Gasteiger partial charge in [-0.1, -0.05) is 41.5 Å². The van der Waals surface area contributed by atoms with Crippen LogP contribution in [0.1, 0.15) is 178 Å². The van der Waals surface area contributed by atoms with E-state index in [2.05, 4.69) is 42.6 Å². The fourth-order valence-electron chi connectivity index (χ4n) is 14.9. The highest BCUT2D eigenvalue weighted by Gasteiger charge is 2.86. The number of hydrogen-bond donors (Lipinski definition) is 0. The number of carbonyl (C=O) groups is 4. The van der Waals surface area contributed by atoms with Crippen molar-refractivity contribution in [3.8, 4) is 0 Å². The molecule has 32 heteroatoms. The summed E-state index contributed by atoms with van der Waals surface area (Å²) in [5.41, 5.74) is -4.68. The molecule has 0 N–H and O–H groups in total. The van der Waals surface area contributed by atoms with Crippen LogP contribution in [-0.2, 0) is 76.0 Å². The molecule has 4 aliphatic heterocycles. The van der Waals surface area contributed by atoms with E-state index in [0.29, 0.717) is 31.1 Å². The van der Waals surface area contributed by atoms with Crippen LogP contribution in [-0.4, -0.2) is 153 Å². The molecule has 99 heavy (non-hydrogen) atoms. The molecule has 0 amide bonds. The van der Waals surface area contributed by atoms with Crippen LogP contribution < -0.4 is 0 Å². The lowest BCUT2D eigenvalue weighted by Gasteiger charge is -2.56. The van der Waals surface area contributed by atoms with E-state index < -0.39 is 89.5 Å². The summed E-state index contributed by atoms with van der Waals surface area (Å²) in [6, 6.07) is 0. The van der Waals surface area contributed by atoms with Crippen molar-refractivity contribution in [2.75, 3.05) is 62.2 Å². The van der Waals surface area contributed by atoms with E-state index >= 15 is 0 Å². The molecule has 0 aromatic heterocycles. The molecule has 0 aromatic rings. The number of halogens is 16. The van der Waals surface area contributed by atoms with Gasteiger partial charge in [0.15, 0.2) is 27.2 Å². The summed E-state index contributed by atoms with van der Waals surface area (Å²) in [6.07, 6.45) is -14.1. The Hall–Kier alpha value is -3.56. The Bertz CT molecular complexity index is 2340. The minimum absolute atomic E-state index is 0.0184. The highest BCUT2D eigenvalue weighted by Crippen LogP contribution is 2.69. The van der Waals surface area contributed by atoms with Crippen molar-refractivity contribution in [3.63, 3.8) is 0 Å². The third kappa shape index (κ3) is 22.7. The first-order valence-electron chi connectivity index (χ1n) is 34.0. The predicted molar refractivity (Wildman–Crippen MR) is 322 cm³/mol. The van der Waals surface area contributed by atoms with Crippen molar-refractivity contribution in [1.29, 1.82) is 0 Å². The molecule has 4 heterocycles. The zero-order chi connectivity index (χ0) is 75.2. The van der Waals surface area contributed by atoms with Gasteiger partial charge in [0.2, 0.25) is 0 Å². The Kier molecular flexibility index (Phi) is 32.3. The number of rotatable bonds is 16. The first-order valence-corrected chi connectivity index (χ1v) is 34.0. The molecule has 18 atom stereocenters. The summed E-state index contributed by atoms with van der Waals surface area (Å²) in [7, 11) is 5.96. The largest absolute Gasteiger partial charge is 0.438 e. The third-order valence-electron chi connectivity index (χ3n) is 21.6. The van der Waals surface area contributed by atoms with Gasteiger partial charge in [0.1, 0.15) is 6.42 Å². The van der Waals surface area contributed by atoms with E-state index in [1.54, 1.807) is 0 Å². The van der Waals surface area contributed by atoms with Gasteiger partial charge in [0.05, 0.1) is 65.5 Å². The Morgan fingerprint density at radius 3 is 0.929 bits per heavy atom. The summed E-state index contributed by atoms with van der Waals surface area (Å²) in [5, 5.41) is 0. The number of alkyl halides is 16. The average molecular weight is 1470 g/mol. The Balaban J connectivity index is 0.000000238. The second-order valence-corrected chi connectivity index (χ2v) is 28.9. The van der Waals surface area contributed by atoms with Gasteiger partial charge in [0, 0.05) is 40.3 Å². The van der Waals surface area contributed by atoms with Crippen molar-refractivity contribution in [2.45, 2.75) is 245 Å². The molecule has 580 valence electrons. The Morgan fingerprint density at radius 1 is 0.424 bits per heavy atom. The molecule has 8 bridgehead atoms. The minimum Gasteiger partial charge on any atom is -0.438 e. The van der Waals surface area contributed by atoms with Gasteiger partial charge < -0.3 is 56.8 Å². The van der Waals surface area contributed by atoms with Gasteiger partial charge in [-0.25, -0.2) is 0 Å². The molecule has 16 nitrogen and oxygen atoms in total. The van der Waals surface area contributed by atoms with E-state index in [0.717, 1.165) is 94.7 Å². The van der Waals surface area contributed by atoms with Crippen LogP contribution in [0.15, 0.2) is 0 Å². The smallest absolute Gasteiger partial charge is 0.426 e. The van der Waals surface area contributed by atoms with Gasteiger partial charge in [-0.2, -0.15) is 70.2 Å². The van der Waals surface area contributed by atoms with E-state index in [-0.39, 0.29) is 92.8 Å². The van der Waals surface area contributed by atoms with Crippen LogP contribution in [0.5, 0.6) is 0 Å². The maximum Gasteiger partial charge on any atom is 0.426 e. The molecule has 12 fully saturated rings. The van der Waals surface area contributed by atoms with Crippen molar-refractivity contribution in [3.05, 3.63) is 0 Å². The molecule has 12 aliphatic rings. The molecular formula is C67H104F16O16. The van der Waals surface area contributed by atoms with Crippen molar-refractivity contribution in [2.24, 2.45) is 93.7 Å². The third-order valence-corrected chi connectivity index (χ3v) is 21.6. The van der Waals surface area contributed by atoms with Crippen LogP contribution in [0, 0.1) is 93.7 Å². The molecule has 0 aromatic carbocycles. The summed E-state index contributed by atoms with van der Waals surface area (Å²) in [5.74, 6) is 0.860. The minimum atomic E-state index is -5.38. The fraction of sp³-hybridized carbons (Fsp3) is 0.940. The van der Waals surface area contributed by atoms with Crippen LogP contribution in [0.25, 0.3) is 0 Å². The van der Waals surface area contributed by atoms with Crippen molar-refractivity contribution in [1.82, 2.24) is 0 Å². The molecule has 4 saturated heterocycles. The van der Waals surface area contributed by atoms with Crippen LogP contribution in [0.3, 0.4) is 0 Å². The first-order chi connectivity index (χ1) is 45.7. The molecule has 0 radical (unpaired) electrons. The van der Waals surface area contributed by atoms with Crippen LogP contribution >= 0.6 is 0 Å². The lowest BCUT2D eigenvalue weighted by molar-refractivity contribution is -0.470. The second kappa shape index (κ2) is 36.4. The maximum absolute atomic E-state index is 12.8. The molecule has 0 spiro atoms. The summed E-state index contributed by atoms with van der Waals surface area (Å²) in [6.45, 7) is 20.2. The maximum atomic E-state index is 12.8. The topological polar surface area (TPSA) is 179 Å². The molecule has 8 aliphatic carbocycles. The summed E-state index contributed by atoms with van der Waals surface area (Å²) < 4.78 is 249. The zero-order valence-corrected chi connectivity index (χ0v) is 59.0. The number of methoxy groups -OCH3 is 4. The van der Waals surface area contributed by atoms with E-state index in [9.17, 15) is 89.4 Å². The van der Waals surface area contributed by atoms with Gasteiger partial charge in [-0.3, -0.25) is 19.2 Å².